The number of aromatic nitrogens is 2. The van der Waals surface area contributed by atoms with Gasteiger partial charge in [-0.05, 0) is 12.8 Å². The normalized spacial score (nSPS) is 10.7. The second kappa shape index (κ2) is 26.5. The van der Waals surface area contributed by atoms with E-state index in [1.807, 2.05) is 0 Å². The first-order valence-corrected chi connectivity index (χ1v) is 15.8. The summed E-state index contributed by atoms with van der Waals surface area (Å²) in [6, 6.07) is 13.5. The zero-order valence-electron chi connectivity index (χ0n) is 24.8. The van der Waals surface area contributed by atoms with Crippen LogP contribution in [0.2, 0.25) is 0 Å². The SMILES string of the molecule is CCCCCCCCCCc1cccc[n+]1CCCC[n+]1ccccc1CCCCCCCCCC.[Br-].[Br-]. The van der Waals surface area contributed by atoms with Crippen LogP contribution in [0.4, 0.5) is 0 Å². The minimum Gasteiger partial charge on any atom is -1.00 e. The molecule has 0 atom stereocenters. The lowest BCUT2D eigenvalue weighted by Gasteiger charge is -2.06. The average molecular weight is 655 g/mol. The highest BCUT2D eigenvalue weighted by atomic mass is 79.9. The number of aryl methyl sites for hydroxylation is 4. The Morgan fingerprint density at radius 3 is 1.13 bits per heavy atom. The Morgan fingerprint density at radius 1 is 0.421 bits per heavy atom. The molecule has 0 radical (unpaired) electrons. The van der Waals surface area contributed by atoms with Crippen LogP contribution in [-0.4, -0.2) is 0 Å². The van der Waals surface area contributed by atoms with E-state index in [-0.39, 0.29) is 34.0 Å². The molecule has 38 heavy (non-hydrogen) atoms. The van der Waals surface area contributed by atoms with Crippen LogP contribution in [0.5, 0.6) is 0 Å². The lowest BCUT2D eigenvalue weighted by molar-refractivity contribution is -0.715. The van der Waals surface area contributed by atoms with Gasteiger partial charge in [-0.15, -0.1) is 0 Å². The van der Waals surface area contributed by atoms with Crippen molar-refractivity contribution in [2.24, 2.45) is 0 Å². The number of halogens is 2. The highest BCUT2D eigenvalue weighted by molar-refractivity contribution is 4.98. The van der Waals surface area contributed by atoms with Gasteiger partial charge in [-0.3, -0.25) is 0 Å². The van der Waals surface area contributed by atoms with Crippen LogP contribution in [0, 0.1) is 0 Å². The van der Waals surface area contributed by atoms with Crippen molar-refractivity contribution in [3.63, 3.8) is 0 Å². The molecule has 0 aliphatic heterocycles. The van der Waals surface area contributed by atoms with Crippen molar-refractivity contribution < 1.29 is 43.1 Å². The molecule has 2 rings (SSSR count). The van der Waals surface area contributed by atoms with Gasteiger partial charge in [-0.1, -0.05) is 116 Å². The maximum absolute atomic E-state index is 2.51. The van der Waals surface area contributed by atoms with Gasteiger partial charge >= 0.3 is 0 Å². The molecule has 0 fully saturated rings. The van der Waals surface area contributed by atoms with Gasteiger partial charge in [0.1, 0.15) is 13.1 Å². The van der Waals surface area contributed by atoms with Gasteiger partial charge < -0.3 is 34.0 Å². The Kier molecular flexibility index (Phi) is 26.0. The number of nitrogens with zero attached hydrogens (tertiary/aromatic N) is 2. The molecule has 2 heterocycles. The lowest BCUT2D eigenvalue weighted by Crippen LogP contribution is -3.00. The zero-order chi connectivity index (χ0) is 25.5. The molecular weight excluding hydrogens is 596 g/mol. The van der Waals surface area contributed by atoms with Crippen molar-refractivity contribution in [1.29, 1.82) is 0 Å². The Morgan fingerprint density at radius 2 is 0.763 bits per heavy atom. The molecule has 0 unspecified atom stereocenters. The Bertz CT molecular complexity index is 715. The molecule has 4 heteroatoms. The second-order valence-corrected chi connectivity index (χ2v) is 10.9. The molecule has 0 aliphatic carbocycles. The predicted molar refractivity (Wildman–Crippen MR) is 155 cm³/mol. The molecule has 0 aliphatic rings. The maximum Gasteiger partial charge on any atom is 0.181 e. The minimum absolute atomic E-state index is 0. The van der Waals surface area contributed by atoms with Crippen LogP contribution in [0.3, 0.4) is 0 Å². The molecule has 0 spiro atoms. The Labute approximate surface area is 257 Å². The molecule has 2 aromatic rings. The molecule has 0 amide bonds. The molecule has 218 valence electrons. The number of hydrogen-bond acceptors (Lipinski definition) is 0. The van der Waals surface area contributed by atoms with Crippen molar-refractivity contribution in [2.45, 2.75) is 155 Å². The molecule has 0 saturated carbocycles. The van der Waals surface area contributed by atoms with E-state index in [2.05, 4.69) is 71.8 Å². The summed E-state index contributed by atoms with van der Waals surface area (Å²) >= 11 is 0. The highest BCUT2D eigenvalue weighted by Crippen LogP contribution is 2.11. The fraction of sp³-hybridized carbons (Fsp3) is 0.706. The van der Waals surface area contributed by atoms with Crippen molar-refractivity contribution in [3.8, 4) is 0 Å². The van der Waals surface area contributed by atoms with Crippen LogP contribution >= 0.6 is 0 Å². The third-order valence-corrected chi connectivity index (χ3v) is 7.69. The van der Waals surface area contributed by atoms with Crippen LogP contribution in [0.25, 0.3) is 0 Å². The standard InChI is InChI=1S/C34H58N2.2BrH/c1-3-5-7-9-11-13-15-17-25-33-27-19-21-29-35(33)31-23-24-32-36-30-22-20-28-34(36)26-18-16-14-12-10-8-6-4-2;;/h19-22,27-30H,3-18,23-26,31-32H2,1-2H3;2*1H/q+2;;/p-2. The smallest absolute Gasteiger partial charge is 0.181 e. The van der Waals surface area contributed by atoms with Gasteiger partial charge in [0.25, 0.3) is 0 Å². The van der Waals surface area contributed by atoms with E-state index >= 15 is 0 Å². The summed E-state index contributed by atoms with van der Waals surface area (Å²) < 4.78 is 5.02. The summed E-state index contributed by atoms with van der Waals surface area (Å²) in [7, 11) is 0. The summed E-state index contributed by atoms with van der Waals surface area (Å²) in [6.45, 7) is 6.89. The molecule has 0 bridgehead atoms. The van der Waals surface area contributed by atoms with Gasteiger partial charge in [-0.25, -0.2) is 9.13 Å². The van der Waals surface area contributed by atoms with Gasteiger partial charge in [0.15, 0.2) is 23.8 Å². The Balaban J connectivity index is 0.00000684. The first-order valence-electron chi connectivity index (χ1n) is 15.8. The molecule has 2 nitrogen and oxygen atoms in total. The predicted octanol–water partition coefficient (Wildman–Crippen LogP) is 3.12. The van der Waals surface area contributed by atoms with Crippen molar-refractivity contribution in [3.05, 3.63) is 60.2 Å². The fourth-order valence-electron chi connectivity index (χ4n) is 5.36. The largest absolute Gasteiger partial charge is 1.00 e. The lowest BCUT2D eigenvalue weighted by atomic mass is 10.1. The van der Waals surface area contributed by atoms with Crippen LogP contribution in [-0.2, 0) is 25.9 Å². The summed E-state index contributed by atoms with van der Waals surface area (Å²) in [5.41, 5.74) is 3.04. The second-order valence-electron chi connectivity index (χ2n) is 10.9. The summed E-state index contributed by atoms with van der Waals surface area (Å²) in [5, 5.41) is 0. The first-order chi connectivity index (χ1) is 17.8. The Hall–Kier alpha value is -0.740. The monoisotopic (exact) mass is 652 g/mol. The quantitative estimate of drug-likeness (QED) is 0.129. The third-order valence-electron chi connectivity index (χ3n) is 7.69. The molecular formula is C34H58Br2N2. The average Bonchev–Trinajstić information content (AvgIpc) is 2.91. The maximum atomic E-state index is 2.51. The van der Waals surface area contributed by atoms with E-state index < -0.39 is 0 Å². The van der Waals surface area contributed by atoms with Gasteiger partial charge in [-0.2, -0.15) is 0 Å². The van der Waals surface area contributed by atoms with Gasteiger partial charge in [0, 0.05) is 49.9 Å². The summed E-state index contributed by atoms with van der Waals surface area (Å²) in [6.07, 6.45) is 31.9. The summed E-state index contributed by atoms with van der Waals surface area (Å²) in [4.78, 5) is 0. The van der Waals surface area contributed by atoms with Gasteiger partial charge in [0.2, 0.25) is 0 Å². The van der Waals surface area contributed by atoms with E-state index in [4.69, 9.17) is 0 Å². The summed E-state index contributed by atoms with van der Waals surface area (Å²) in [5.74, 6) is 0. The molecule has 0 aromatic carbocycles. The van der Waals surface area contributed by atoms with E-state index in [0.29, 0.717) is 0 Å². The van der Waals surface area contributed by atoms with E-state index in [9.17, 15) is 0 Å². The van der Waals surface area contributed by atoms with Gasteiger partial charge in [0.05, 0.1) is 0 Å². The van der Waals surface area contributed by atoms with Crippen LogP contribution in [0.1, 0.15) is 141 Å². The number of hydrogen-bond donors (Lipinski definition) is 0. The highest BCUT2D eigenvalue weighted by Gasteiger charge is 2.12. The molecule has 2 aromatic heterocycles. The van der Waals surface area contributed by atoms with Crippen LogP contribution < -0.4 is 43.1 Å². The van der Waals surface area contributed by atoms with Crippen molar-refractivity contribution in [2.75, 3.05) is 0 Å². The molecule has 0 N–H and O–H groups in total. The zero-order valence-corrected chi connectivity index (χ0v) is 28.0. The third kappa shape index (κ3) is 17.8. The number of rotatable bonds is 23. The van der Waals surface area contributed by atoms with E-state index in [1.54, 1.807) is 0 Å². The number of pyridine rings is 2. The van der Waals surface area contributed by atoms with Crippen molar-refractivity contribution in [1.82, 2.24) is 0 Å². The number of unbranched alkanes of at least 4 members (excludes halogenated alkanes) is 15. The molecule has 0 saturated heterocycles. The van der Waals surface area contributed by atoms with E-state index in [0.717, 1.165) is 13.1 Å². The van der Waals surface area contributed by atoms with E-state index in [1.165, 1.54) is 140 Å². The van der Waals surface area contributed by atoms with Crippen LogP contribution in [0.15, 0.2) is 48.8 Å². The minimum atomic E-state index is 0. The topological polar surface area (TPSA) is 7.76 Å². The fourth-order valence-corrected chi connectivity index (χ4v) is 5.36. The first kappa shape index (κ1) is 37.3. The van der Waals surface area contributed by atoms with Crippen molar-refractivity contribution >= 4 is 0 Å².